The lowest BCUT2D eigenvalue weighted by Crippen LogP contribution is -2.44. The Labute approximate surface area is 153 Å². The van der Waals surface area contributed by atoms with Crippen LogP contribution in [0.4, 0.5) is 4.39 Å². The van der Waals surface area contributed by atoms with Crippen LogP contribution in [0.25, 0.3) is 0 Å². The normalized spacial score (nSPS) is 15.9. The quantitative estimate of drug-likeness (QED) is 0.637. The number of benzene rings is 1. The van der Waals surface area contributed by atoms with E-state index < -0.39 is 0 Å². The Morgan fingerprint density at radius 3 is 2.58 bits per heavy atom. The van der Waals surface area contributed by atoms with Crippen LogP contribution < -0.4 is 10.6 Å². The Morgan fingerprint density at radius 2 is 1.92 bits per heavy atom. The van der Waals surface area contributed by atoms with Crippen LogP contribution in [-0.2, 0) is 20.1 Å². The number of nitrogens with zero attached hydrogens (tertiary/aromatic N) is 4. The van der Waals surface area contributed by atoms with E-state index in [9.17, 15) is 4.39 Å². The van der Waals surface area contributed by atoms with Crippen molar-refractivity contribution >= 4 is 5.96 Å². The van der Waals surface area contributed by atoms with Crippen molar-refractivity contribution < 1.29 is 4.39 Å². The topological polar surface area (TPSA) is 67.1 Å². The van der Waals surface area contributed by atoms with E-state index in [1.165, 1.54) is 44.2 Å². The minimum Gasteiger partial charge on any atom is -0.354 e. The minimum absolute atomic E-state index is 0.228. The second-order valence-corrected chi connectivity index (χ2v) is 6.85. The molecule has 0 aliphatic heterocycles. The summed E-state index contributed by atoms with van der Waals surface area (Å²) in [5.74, 6) is 2.28. The SMILES string of the molecule is Cc1nnc(CNC(=NCc2ccc(F)cc2)NC2CCCCC2)n1C. The zero-order valence-electron chi connectivity index (χ0n) is 15.5. The summed E-state index contributed by atoms with van der Waals surface area (Å²) in [4.78, 5) is 4.68. The number of aryl methyl sites for hydroxylation is 1. The molecule has 0 atom stereocenters. The molecule has 0 unspecified atom stereocenters. The maximum absolute atomic E-state index is 13.1. The molecule has 0 spiro atoms. The van der Waals surface area contributed by atoms with E-state index in [1.807, 2.05) is 18.5 Å². The van der Waals surface area contributed by atoms with Crippen LogP contribution in [-0.4, -0.2) is 26.8 Å². The van der Waals surface area contributed by atoms with E-state index in [0.717, 1.165) is 23.2 Å². The van der Waals surface area contributed by atoms with Crippen molar-refractivity contribution in [2.45, 2.75) is 58.2 Å². The molecule has 140 valence electrons. The monoisotopic (exact) mass is 358 g/mol. The molecule has 1 saturated carbocycles. The smallest absolute Gasteiger partial charge is 0.192 e. The second kappa shape index (κ2) is 8.78. The van der Waals surface area contributed by atoms with Crippen LogP contribution in [0, 0.1) is 12.7 Å². The average Bonchev–Trinajstić information content (AvgIpc) is 2.98. The van der Waals surface area contributed by atoms with Gasteiger partial charge in [0, 0.05) is 13.1 Å². The Bertz CT molecular complexity index is 731. The molecular formula is C19H27FN6. The summed E-state index contributed by atoms with van der Waals surface area (Å²) >= 11 is 0. The molecule has 1 fully saturated rings. The largest absolute Gasteiger partial charge is 0.354 e. The van der Waals surface area contributed by atoms with E-state index in [-0.39, 0.29) is 5.82 Å². The fourth-order valence-corrected chi connectivity index (χ4v) is 3.12. The van der Waals surface area contributed by atoms with Gasteiger partial charge in [0.25, 0.3) is 0 Å². The zero-order chi connectivity index (χ0) is 18.4. The van der Waals surface area contributed by atoms with Gasteiger partial charge in [-0.25, -0.2) is 9.38 Å². The van der Waals surface area contributed by atoms with E-state index >= 15 is 0 Å². The second-order valence-electron chi connectivity index (χ2n) is 6.85. The molecule has 0 radical (unpaired) electrons. The van der Waals surface area contributed by atoms with Gasteiger partial charge in [-0.3, -0.25) is 0 Å². The van der Waals surface area contributed by atoms with Gasteiger partial charge in [0.05, 0.1) is 13.1 Å². The molecule has 0 bridgehead atoms. The summed E-state index contributed by atoms with van der Waals surface area (Å²) < 4.78 is 15.0. The third kappa shape index (κ3) is 5.03. The van der Waals surface area contributed by atoms with Crippen molar-refractivity contribution in [1.29, 1.82) is 0 Å². The van der Waals surface area contributed by atoms with E-state index in [1.54, 1.807) is 12.1 Å². The summed E-state index contributed by atoms with van der Waals surface area (Å²) in [6.07, 6.45) is 6.16. The first-order chi connectivity index (χ1) is 12.6. The number of rotatable bonds is 5. The number of guanidine groups is 1. The zero-order valence-corrected chi connectivity index (χ0v) is 15.5. The molecule has 2 aromatic rings. The number of hydrogen-bond acceptors (Lipinski definition) is 3. The lowest BCUT2D eigenvalue weighted by molar-refractivity contribution is 0.409. The molecular weight excluding hydrogens is 331 g/mol. The van der Waals surface area contributed by atoms with Crippen LogP contribution in [0.3, 0.4) is 0 Å². The minimum atomic E-state index is -0.228. The number of aliphatic imine (C=N–C) groups is 1. The van der Waals surface area contributed by atoms with Gasteiger partial charge >= 0.3 is 0 Å². The van der Waals surface area contributed by atoms with Crippen molar-refractivity contribution in [2.24, 2.45) is 12.0 Å². The Balaban J connectivity index is 1.66. The van der Waals surface area contributed by atoms with Crippen LogP contribution in [0.2, 0.25) is 0 Å². The van der Waals surface area contributed by atoms with Gasteiger partial charge in [-0.2, -0.15) is 0 Å². The lowest BCUT2D eigenvalue weighted by atomic mass is 9.96. The highest BCUT2D eigenvalue weighted by molar-refractivity contribution is 5.80. The molecule has 1 heterocycles. The van der Waals surface area contributed by atoms with Crippen molar-refractivity contribution in [3.63, 3.8) is 0 Å². The first-order valence-electron chi connectivity index (χ1n) is 9.26. The number of hydrogen-bond donors (Lipinski definition) is 2. The molecule has 7 heteroatoms. The predicted octanol–water partition coefficient (Wildman–Crippen LogP) is 2.83. The van der Waals surface area contributed by atoms with Crippen LogP contribution in [0.15, 0.2) is 29.3 Å². The molecule has 2 N–H and O–H groups in total. The summed E-state index contributed by atoms with van der Waals surface area (Å²) in [6.45, 7) is 2.99. The Morgan fingerprint density at radius 1 is 1.19 bits per heavy atom. The molecule has 26 heavy (non-hydrogen) atoms. The molecule has 3 rings (SSSR count). The fraction of sp³-hybridized carbons (Fsp3) is 0.526. The summed E-state index contributed by atoms with van der Waals surface area (Å²) in [7, 11) is 1.95. The van der Waals surface area contributed by atoms with E-state index in [4.69, 9.17) is 0 Å². The first-order valence-corrected chi connectivity index (χ1v) is 9.26. The van der Waals surface area contributed by atoms with Gasteiger partial charge in [-0.15, -0.1) is 10.2 Å². The van der Waals surface area contributed by atoms with Crippen LogP contribution >= 0.6 is 0 Å². The highest BCUT2D eigenvalue weighted by Crippen LogP contribution is 2.17. The molecule has 0 amide bonds. The van der Waals surface area contributed by atoms with Gasteiger partial charge in [0.2, 0.25) is 0 Å². The lowest BCUT2D eigenvalue weighted by Gasteiger charge is -2.25. The van der Waals surface area contributed by atoms with Gasteiger partial charge < -0.3 is 15.2 Å². The summed E-state index contributed by atoms with van der Waals surface area (Å²) in [5.41, 5.74) is 0.977. The summed E-state index contributed by atoms with van der Waals surface area (Å²) in [6, 6.07) is 6.92. The standard InChI is InChI=1S/C19H27FN6/c1-14-24-25-18(26(14)2)13-22-19(23-17-6-4-3-5-7-17)21-12-15-8-10-16(20)11-9-15/h8-11,17H,3-7,12-13H2,1-2H3,(H2,21,22,23). The third-order valence-corrected chi connectivity index (χ3v) is 4.88. The molecule has 1 aliphatic carbocycles. The molecule has 1 aromatic carbocycles. The summed E-state index contributed by atoms with van der Waals surface area (Å²) in [5, 5.41) is 15.2. The van der Waals surface area contributed by atoms with Crippen LogP contribution in [0.1, 0.15) is 49.3 Å². The van der Waals surface area contributed by atoms with Gasteiger partial charge in [0.1, 0.15) is 11.6 Å². The van der Waals surface area contributed by atoms with Gasteiger partial charge in [-0.1, -0.05) is 31.4 Å². The van der Waals surface area contributed by atoms with Gasteiger partial charge in [0.15, 0.2) is 11.8 Å². The molecule has 1 aliphatic rings. The average molecular weight is 358 g/mol. The number of nitrogens with one attached hydrogen (secondary N) is 2. The number of halogens is 1. The van der Waals surface area contributed by atoms with Gasteiger partial charge in [-0.05, 0) is 37.5 Å². The van der Waals surface area contributed by atoms with E-state index in [2.05, 4.69) is 25.8 Å². The predicted molar refractivity (Wildman–Crippen MR) is 100 cm³/mol. The van der Waals surface area contributed by atoms with Crippen molar-refractivity contribution in [3.8, 4) is 0 Å². The van der Waals surface area contributed by atoms with Crippen molar-refractivity contribution in [1.82, 2.24) is 25.4 Å². The third-order valence-electron chi connectivity index (χ3n) is 4.88. The number of aromatic nitrogens is 3. The maximum Gasteiger partial charge on any atom is 0.192 e. The van der Waals surface area contributed by atoms with E-state index in [0.29, 0.717) is 19.1 Å². The Kier molecular flexibility index (Phi) is 6.20. The van der Waals surface area contributed by atoms with Crippen molar-refractivity contribution in [3.05, 3.63) is 47.3 Å². The van der Waals surface area contributed by atoms with Crippen molar-refractivity contribution in [2.75, 3.05) is 0 Å². The molecule has 0 saturated heterocycles. The maximum atomic E-state index is 13.1. The first kappa shape index (κ1) is 18.4. The van der Waals surface area contributed by atoms with Crippen LogP contribution in [0.5, 0.6) is 0 Å². The highest BCUT2D eigenvalue weighted by atomic mass is 19.1. The fourth-order valence-electron chi connectivity index (χ4n) is 3.12. The molecule has 6 nitrogen and oxygen atoms in total. The highest BCUT2D eigenvalue weighted by Gasteiger charge is 2.15. The Hall–Kier alpha value is -2.44. The molecule has 1 aromatic heterocycles.